The molecule has 7 nitrogen and oxygen atoms in total. The first-order valence-electron chi connectivity index (χ1n) is 6.92. The van der Waals surface area contributed by atoms with Gasteiger partial charge in [-0.15, -0.1) is 0 Å². The molecular weight excluding hydrogens is 294 g/mol. The molecule has 0 atom stereocenters. The number of hydrogen-bond donors (Lipinski definition) is 1. The zero-order chi connectivity index (χ0) is 15.6. The van der Waals surface area contributed by atoms with Crippen molar-refractivity contribution in [3.05, 3.63) is 18.0 Å². The van der Waals surface area contributed by atoms with E-state index in [0.717, 1.165) is 12.8 Å². The SMILES string of the molecule is CCOCCN(C)C(=O)c1cc(S(N)(=O)=O)cn1C1CC1. The van der Waals surface area contributed by atoms with Gasteiger partial charge in [-0.1, -0.05) is 0 Å². The molecule has 1 aliphatic carbocycles. The average Bonchev–Trinajstić information content (AvgIpc) is 3.15. The van der Waals surface area contributed by atoms with Gasteiger partial charge in [0.05, 0.1) is 6.61 Å². The van der Waals surface area contributed by atoms with Crippen LogP contribution in [-0.2, 0) is 14.8 Å². The second-order valence-electron chi connectivity index (χ2n) is 5.17. The second kappa shape index (κ2) is 6.17. The van der Waals surface area contributed by atoms with Gasteiger partial charge in [0.2, 0.25) is 10.0 Å². The van der Waals surface area contributed by atoms with Gasteiger partial charge in [-0.2, -0.15) is 0 Å². The number of amides is 1. The maximum Gasteiger partial charge on any atom is 0.270 e. The van der Waals surface area contributed by atoms with Crippen LogP contribution in [-0.4, -0.2) is 50.6 Å². The van der Waals surface area contributed by atoms with Gasteiger partial charge in [-0.3, -0.25) is 4.79 Å². The van der Waals surface area contributed by atoms with Gasteiger partial charge in [-0.25, -0.2) is 13.6 Å². The highest BCUT2D eigenvalue weighted by Crippen LogP contribution is 2.37. The molecule has 0 aromatic carbocycles. The molecule has 0 saturated heterocycles. The number of ether oxygens (including phenoxy) is 1. The van der Waals surface area contributed by atoms with Gasteiger partial charge in [0, 0.05) is 32.4 Å². The summed E-state index contributed by atoms with van der Waals surface area (Å²) >= 11 is 0. The summed E-state index contributed by atoms with van der Waals surface area (Å²) in [6.07, 6.45) is 3.35. The lowest BCUT2D eigenvalue weighted by Crippen LogP contribution is -2.31. The zero-order valence-electron chi connectivity index (χ0n) is 12.3. The summed E-state index contributed by atoms with van der Waals surface area (Å²) in [6, 6.07) is 1.55. The summed E-state index contributed by atoms with van der Waals surface area (Å²) in [7, 11) is -2.14. The van der Waals surface area contributed by atoms with Crippen LogP contribution in [0.1, 0.15) is 36.3 Å². The zero-order valence-corrected chi connectivity index (χ0v) is 13.1. The van der Waals surface area contributed by atoms with Crippen LogP contribution in [0.5, 0.6) is 0 Å². The summed E-state index contributed by atoms with van der Waals surface area (Å²) in [6.45, 7) is 3.38. The molecule has 118 valence electrons. The third-order valence-electron chi connectivity index (χ3n) is 3.43. The first-order chi connectivity index (χ1) is 9.84. The number of nitrogens with zero attached hydrogens (tertiary/aromatic N) is 2. The minimum atomic E-state index is -3.81. The third kappa shape index (κ3) is 3.84. The molecule has 0 spiro atoms. The van der Waals surface area contributed by atoms with Crippen molar-refractivity contribution in [1.82, 2.24) is 9.47 Å². The van der Waals surface area contributed by atoms with Crippen molar-refractivity contribution in [2.45, 2.75) is 30.7 Å². The molecule has 1 fully saturated rings. The first-order valence-corrected chi connectivity index (χ1v) is 8.47. The maximum absolute atomic E-state index is 12.4. The first kappa shape index (κ1) is 16.0. The summed E-state index contributed by atoms with van der Waals surface area (Å²) < 4.78 is 29.9. The molecule has 2 rings (SSSR count). The Labute approximate surface area is 124 Å². The number of primary sulfonamides is 1. The van der Waals surface area contributed by atoms with Gasteiger partial charge in [0.15, 0.2) is 0 Å². The molecule has 1 aromatic rings. The fraction of sp³-hybridized carbons (Fsp3) is 0.615. The Morgan fingerprint density at radius 2 is 2.19 bits per heavy atom. The lowest BCUT2D eigenvalue weighted by atomic mass is 10.3. The molecular formula is C13H21N3O4S. The molecule has 1 aromatic heterocycles. The van der Waals surface area contributed by atoms with Crippen LogP contribution in [0, 0.1) is 0 Å². The highest BCUT2D eigenvalue weighted by molar-refractivity contribution is 7.89. The van der Waals surface area contributed by atoms with E-state index in [1.54, 1.807) is 11.6 Å². The Morgan fingerprint density at radius 1 is 1.52 bits per heavy atom. The predicted octanol–water partition coefficient (Wildman–Crippen LogP) is 0.579. The van der Waals surface area contributed by atoms with E-state index in [9.17, 15) is 13.2 Å². The number of rotatable bonds is 7. The van der Waals surface area contributed by atoms with Crippen LogP contribution in [0.25, 0.3) is 0 Å². The van der Waals surface area contributed by atoms with Crippen LogP contribution in [0.4, 0.5) is 0 Å². The monoisotopic (exact) mass is 315 g/mol. The van der Waals surface area contributed by atoms with Gasteiger partial charge >= 0.3 is 0 Å². The van der Waals surface area contributed by atoms with E-state index in [-0.39, 0.29) is 16.8 Å². The number of likely N-dealkylation sites (N-methyl/N-ethyl adjacent to an activating group) is 1. The largest absolute Gasteiger partial charge is 0.380 e. The molecule has 8 heteroatoms. The van der Waals surface area contributed by atoms with Gasteiger partial charge in [0.1, 0.15) is 10.6 Å². The lowest BCUT2D eigenvalue weighted by molar-refractivity contribution is 0.0700. The molecule has 0 unspecified atom stereocenters. The molecule has 0 aliphatic heterocycles. The Hall–Kier alpha value is -1.38. The highest BCUT2D eigenvalue weighted by Gasteiger charge is 2.30. The number of aromatic nitrogens is 1. The second-order valence-corrected chi connectivity index (χ2v) is 6.73. The number of nitrogens with two attached hydrogens (primary N) is 1. The molecule has 1 heterocycles. The Bertz CT molecular complexity index is 619. The van der Waals surface area contributed by atoms with Gasteiger partial charge in [0.25, 0.3) is 5.91 Å². The van der Waals surface area contributed by atoms with Crippen LogP contribution >= 0.6 is 0 Å². The van der Waals surface area contributed by atoms with E-state index in [4.69, 9.17) is 9.88 Å². The van der Waals surface area contributed by atoms with Crippen molar-refractivity contribution in [3.8, 4) is 0 Å². The van der Waals surface area contributed by atoms with E-state index in [1.165, 1.54) is 17.2 Å². The van der Waals surface area contributed by atoms with Crippen LogP contribution < -0.4 is 5.14 Å². The smallest absolute Gasteiger partial charge is 0.270 e. The minimum absolute atomic E-state index is 0.0176. The van der Waals surface area contributed by atoms with Crippen molar-refractivity contribution in [2.75, 3.05) is 26.8 Å². The molecule has 2 N–H and O–H groups in total. The normalized spacial score (nSPS) is 15.2. The quantitative estimate of drug-likeness (QED) is 0.745. The lowest BCUT2D eigenvalue weighted by Gasteiger charge is -2.18. The predicted molar refractivity (Wildman–Crippen MR) is 77.5 cm³/mol. The van der Waals surface area contributed by atoms with E-state index in [1.807, 2.05) is 6.92 Å². The van der Waals surface area contributed by atoms with E-state index in [0.29, 0.717) is 25.5 Å². The van der Waals surface area contributed by atoms with Crippen LogP contribution in [0.15, 0.2) is 17.2 Å². The topological polar surface area (TPSA) is 94.6 Å². The third-order valence-corrected chi connectivity index (χ3v) is 4.31. The van der Waals surface area contributed by atoms with Crippen molar-refractivity contribution in [3.63, 3.8) is 0 Å². The van der Waals surface area contributed by atoms with Crippen LogP contribution in [0.3, 0.4) is 0 Å². The summed E-state index contributed by atoms with van der Waals surface area (Å²) in [5, 5.41) is 5.15. The summed E-state index contributed by atoms with van der Waals surface area (Å²) in [5.74, 6) is -0.225. The van der Waals surface area contributed by atoms with Gasteiger partial charge < -0.3 is 14.2 Å². The maximum atomic E-state index is 12.4. The van der Waals surface area contributed by atoms with Crippen molar-refractivity contribution in [1.29, 1.82) is 0 Å². The highest BCUT2D eigenvalue weighted by atomic mass is 32.2. The molecule has 0 bridgehead atoms. The van der Waals surface area contributed by atoms with E-state index >= 15 is 0 Å². The Morgan fingerprint density at radius 3 is 2.71 bits per heavy atom. The molecule has 0 radical (unpaired) electrons. The Kier molecular flexibility index (Phi) is 4.70. The number of carbonyl (C=O) groups is 1. The molecule has 1 saturated carbocycles. The molecule has 1 aliphatic rings. The number of hydrogen-bond acceptors (Lipinski definition) is 4. The van der Waals surface area contributed by atoms with Crippen molar-refractivity contribution in [2.24, 2.45) is 5.14 Å². The molecule has 21 heavy (non-hydrogen) atoms. The summed E-state index contributed by atoms with van der Waals surface area (Å²) in [4.78, 5) is 14.0. The fourth-order valence-corrected chi connectivity index (χ4v) is 2.62. The summed E-state index contributed by atoms with van der Waals surface area (Å²) in [5.41, 5.74) is 0.362. The molecule has 1 amide bonds. The van der Waals surface area contributed by atoms with Crippen molar-refractivity contribution < 1.29 is 17.9 Å². The number of carbonyl (C=O) groups excluding carboxylic acids is 1. The van der Waals surface area contributed by atoms with E-state index < -0.39 is 10.0 Å². The van der Waals surface area contributed by atoms with E-state index in [2.05, 4.69) is 0 Å². The Balaban J connectivity index is 2.21. The van der Waals surface area contributed by atoms with Crippen molar-refractivity contribution >= 4 is 15.9 Å². The van der Waals surface area contributed by atoms with Crippen LogP contribution in [0.2, 0.25) is 0 Å². The standard InChI is InChI=1S/C13H21N3O4S/c1-3-20-7-6-15(2)13(17)12-8-11(21(14,18)19)9-16(12)10-4-5-10/h8-10H,3-7H2,1-2H3,(H2,14,18,19). The average molecular weight is 315 g/mol. The minimum Gasteiger partial charge on any atom is -0.380 e. The van der Waals surface area contributed by atoms with Gasteiger partial charge in [-0.05, 0) is 25.8 Å². The fourth-order valence-electron chi connectivity index (χ4n) is 2.08. The number of sulfonamides is 1.